The third kappa shape index (κ3) is 6.59. The van der Waals surface area contributed by atoms with E-state index in [-0.39, 0.29) is 0 Å². The third-order valence-corrected chi connectivity index (χ3v) is 2.09. The number of amides is 1. The molecular formula is C13H22N4O2. The van der Waals surface area contributed by atoms with Crippen molar-refractivity contribution in [1.29, 1.82) is 0 Å². The average Bonchev–Trinajstić information content (AvgIpc) is 2.69. The molecule has 1 rings (SSSR count). The number of aryl methyl sites for hydroxylation is 1. The normalized spacial score (nSPS) is 11.8. The van der Waals surface area contributed by atoms with Gasteiger partial charge in [0.25, 0.3) is 0 Å². The molecule has 6 nitrogen and oxygen atoms in total. The number of nitrogens with one attached hydrogen (secondary N) is 1. The van der Waals surface area contributed by atoms with Crippen molar-refractivity contribution < 1.29 is 9.53 Å². The number of nitrogens with zero attached hydrogens (tertiary/aromatic N) is 3. The Morgan fingerprint density at radius 3 is 2.84 bits per heavy atom. The predicted molar refractivity (Wildman–Crippen MR) is 73.9 cm³/mol. The maximum absolute atomic E-state index is 11.5. The third-order valence-electron chi connectivity index (χ3n) is 2.09. The summed E-state index contributed by atoms with van der Waals surface area (Å²) in [6, 6.07) is 0. The van der Waals surface area contributed by atoms with Gasteiger partial charge in [0.05, 0.1) is 6.20 Å². The molecule has 6 heteroatoms. The lowest BCUT2D eigenvalue weighted by molar-refractivity contribution is 0.0635. The summed E-state index contributed by atoms with van der Waals surface area (Å²) < 4.78 is 6.81. The molecule has 1 heterocycles. The lowest BCUT2D eigenvalue weighted by Gasteiger charge is -2.18. The Hall–Kier alpha value is -1.85. The van der Waals surface area contributed by atoms with Crippen molar-refractivity contribution in [3.8, 4) is 0 Å². The van der Waals surface area contributed by atoms with Crippen LogP contribution in [0.1, 0.15) is 40.5 Å². The first kappa shape index (κ1) is 15.2. The van der Waals surface area contributed by atoms with E-state index in [1.54, 1.807) is 10.9 Å². The fraction of sp³-hybridized carbons (Fsp3) is 0.615. The zero-order valence-corrected chi connectivity index (χ0v) is 12.0. The summed E-state index contributed by atoms with van der Waals surface area (Å²) in [5.74, 6) is 0.397. The number of ether oxygens (including phenoxy) is 1. The van der Waals surface area contributed by atoms with Gasteiger partial charge >= 0.3 is 6.09 Å². The topological polar surface area (TPSA) is 69.0 Å². The predicted octanol–water partition coefficient (Wildman–Crippen LogP) is 2.98. The summed E-state index contributed by atoms with van der Waals surface area (Å²) >= 11 is 0. The van der Waals surface area contributed by atoms with E-state index in [1.165, 1.54) is 0 Å². The highest BCUT2D eigenvalue weighted by atomic mass is 16.6. The van der Waals surface area contributed by atoms with Crippen LogP contribution in [-0.2, 0) is 11.3 Å². The molecule has 1 N–H and O–H groups in total. The highest BCUT2D eigenvalue weighted by molar-refractivity contribution is 5.83. The van der Waals surface area contributed by atoms with E-state index >= 15 is 0 Å². The Balaban J connectivity index is 2.42. The van der Waals surface area contributed by atoms with Crippen molar-refractivity contribution in [2.45, 2.75) is 52.7 Å². The van der Waals surface area contributed by atoms with Crippen molar-refractivity contribution in [3.05, 3.63) is 18.3 Å². The lowest BCUT2D eigenvalue weighted by Crippen LogP contribution is -2.27. The molecule has 0 spiro atoms. The van der Waals surface area contributed by atoms with Crippen molar-refractivity contribution in [1.82, 2.24) is 15.0 Å². The van der Waals surface area contributed by atoms with Gasteiger partial charge in [-0.1, -0.05) is 24.3 Å². The Morgan fingerprint density at radius 1 is 1.47 bits per heavy atom. The summed E-state index contributed by atoms with van der Waals surface area (Å²) in [4.78, 5) is 11.5. The minimum absolute atomic E-state index is 0.397. The molecule has 0 bridgehead atoms. The van der Waals surface area contributed by atoms with Crippen LogP contribution >= 0.6 is 0 Å². The molecule has 1 aromatic heterocycles. The van der Waals surface area contributed by atoms with Crippen LogP contribution in [0, 0.1) is 0 Å². The molecule has 0 saturated heterocycles. The van der Waals surface area contributed by atoms with Gasteiger partial charge in [-0.05, 0) is 33.6 Å². The van der Waals surface area contributed by atoms with E-state index in [2.05, 4.69) is 34.7 Å². The highest BCUT2D eigenvalue weighted by Gasteiger charge is 2.17. The molecule has 1 aromatic rings. The van der Waals surface area contributed by atoms with Crippen LogP contribution in [0.5, 0.6) is 0 Å². The van der Waals surface area contributed by atoms with Crippen molar-refractivity contribution in [2.24, 2.45) is 0 Å². The first-order valence-electron chi connectivity index (χ1n) is 6.46. The van der Waals surface area contributed by atoms with Crippen molar-refractivity contribution >= 4 is 11.9 Å². The lowest BCUT2D eigenvalue weighted by atomic mass is 10.2. The molecule has 1 amide bonds. The van der Waals surface area contributed by atoms with Gasteiger partial charge < -0.3 is 4.74 Å². The summed E-state index contributed by atoms with van der Waals surface area (Å²) in [5.41, 5.74) is -0.523. The molecule has 0 aliphatic heterocycles. The Bertz CT molecular complexity index is 432. The van der Waals surface area contributed by atoms with Gasteiger partial charge in [0, 0.05) is 6.54 Å². The number of hydrogen-bond acceptors (Lipinski definition) is 4. The Kier molecular flexibility index (Phi) is 5.54. The molecule has 0 aliphatic rings. The Morgan fingerprint density at radius 2 is 2.21 bits per heavy atom. The summed E-state index contributed by atoms with van der Waals surface area (Å²) in [6.45, 7) is 8.25. The van der Waals surface area contributed by atoms with Crippen molar-refractivity contribution in [3.63, 3.8) is 0 Å². The van der Waals surface area contributed by atoms with Crippen LogP contribution in [0.15, 0.2) is 18.3 Å². The van der Waals surface area contributed by atoms with Crippen LogP contribution in [0.2, 0.25) is 0 Å². The molecule has 0 radical (unpaired) electrons. The van der Waals surface area contributed by atoms with Crippen LogP contribution in [-0.4, -0.2) is 26.7 Å². The molecule has 0 atom stereocenters. The zero-order valence-electron chi connectivity index (χ0n) is 12.0. The second-order valence-electron chi connectivity index (χ2n) is 5.16. The summed E-state index contributed by atoms with van der Waals surface area (Å²) in [6.07, 6.45) is 7.29. The molecule has 0 aliphatic carbocycles. The fourth-order valence-corrected chi connectivity index (χ4v) is 1.36. The molecular weight excluding hydrogens is 244 g/mol. The number of aromatic nitrogens is 3. The van der Waals surface area contributed by atoms with E-state index in [4.69, 9.17) is 4.74 Å². The standard InChI is InChI=1S/C13H22N4O2/c1-5-6-7-8-9-17-10-11(15-16-17)14-12(18)19-13(2,3)4/h6-7,10H,5,8-9H2,1-4H3,(H,14,18). The van der Waals surface area contributed by atoms with E-state index in [1.807, 2.05) is 20.8 Å². The highest BCUT2D eigenvalue weighted by Crippen LogP contribution is 2.09. The monoisotopic (exact) mass is 266 g/mol. The first-order chi connectivity index (χ1) is 8.90. The quantitative estimate of drug-likeness (QED) is 0.832. The van der Waals surface area contributed by atoms with Gasteiger partial charge in [-0.25, -0.2) is 4.79 Å². The van der Waals surface area contributed by atoms with Crippen molar-refractivity contribution in [2.75, 3.05) is 5.32 Å². The largest absolute Gasteiger partial charge is 0.444 e. The molecule has 106 valence electrons. The number of anilines is 1. The maximum atomic E-state index is 11.5. The molecule has 0 unspecified atom stereocenters. The smallest absolute Gasteiger partial charge is 0.413 e. The van der Waals surface area contributed by atoms with Gasteiger partial charge in [0.2, 0.25) is 0 Å². The number of hydrogen-bond donors (Lipinski definition) is 1. The number of carbonyl (C=O) groups excluding carboxylic acids is 1. The zero-order chi connectivity index (χ0) is 14.3. The molecule has 0 aromatic carbocycles. The van der Waals surface area contributed by atoms with Gasteiger partial charge in [-0.15, -0.1) is 5.10 Å². The second-order valence-corrected chi connectivity index (χ2v) is 5.16. The van der Waals surface area contributed by atoms with Gasteiger partial charge in [-0.2, -0.15) is 0 Å². The van der Waals surface area contributed by atoms with E-state index < -0.39 is 11.7 Å². The molecule has 19 heavy (non-hydrogen) atoms. The van der Waals surface area contributed by atoms with Crippen LogP contribution < -0.4 is 5.32 Å². The second kappa shape index (κ2) is 6.92. The van der Waals surface area contributed by atoms with Gasteiger partial charge in [0.15, 0.2) is 5.82 Å². The van der Waals surface area contributed by atoms with Crippen LogP contribution in [0.4, 0.5) is 10.6 Å². The van der Waals surface area contributed by atoms with Crippen LogP contribution in [0.3, 0.4) is 0 Å². The fourth-order valence-electron chi connectivity index (χ4n) is 1.36. The number of carbonyl (C=O) groups is 1. The number of rotatable bonds is 5. The van der Waals surface area contributed by atoms with Gasteiger partial charge in [-0.3, -0.25) is 10.00 Å². The van der Waals surface area contributed by atoms with E-state index in [0.29, 0.717) is 5.82 Å². The summed E-state index contributed by atoms with van der Waals surface area (Å²) in [5, 5.41) is 10.3. The summed E-state index contributed by atoms with van der Waals surface area (Å²) in [7, 11) is 0. The molecule has 0 saturated carbocycles. The minimum atomic E-state index is -0.523. The molecule has 0 fully saturated rings. The first-order valence-corrected chi connectivity index (χ1v) is 6.46. The minimum Gasteiger partial charge on any atom is -0.444 e. The van der Waals surface area contributed by atoms with Gasteiger partial charge in [0.1, 0.15) is 5.60 Å². The van der Waals surface area contributed by atoms with E-state index in [0.717, 1.165) is 19.4 Å². The van der Waals surface area contributed by atoms with Crippen LogP contribution in [0.25, 0.3) is 0 Å². The Labute approximate surface area is 113 Å². The maximum Gasteiger partial charge on any atom is 0.413 e. The SMILES string of the molecule is CCC=CCCn1cc(NC(=O)OC(C)(C)C)nn1. The number of allylic oxidation sites excluding steroid dienone is 2. The van der Waals surface area contributed by atoms with E-state index in [9.17, 15) is 4.79 Å². The average molecular weight is 266 g/mol.